The summed E-state index contributed by atoms with van der Waals surface area (Å²) in [6.07, 6.45) is 0. The molecule has 0 saturated heterocycles. The van der Waals surface area contributed by atoms with Crippen LogP contribution in [-0.4, -0.2) is 76.3 Å². The Balaban J connectivity index is 0.00000352. The summed E-state index contributed by atoms with van der Waals surface area (Å²) in [5, 5.41) is 36.0. The monoisotopic (exact) mass is 992 g/mol. The minimum Gasteiger partial charge on any atom is -0.744 e. The second-order valence-electron chi connectivity index (χ2n) is 12.4. The molecule has 314 valence electrons. The number of phenolic OH excluding ortho intramolecular Hbond substituents is 2. The van der Waals surface area contributed by atoms with Crippen LogP contribution in [0.25, 0.3) is 32.7 Å². The van der Waals surface area contributed by atoms with Crippen molar-refractivity contribution in [3.8, 4) is 34.1 Å². The van der Waals surface area contributed by atoms with Crippen molar-refractivity contribution in [1.29, 1.82) is 0 Å². The third-order valence-corrected chi connectivity index (χ3v) is 12.0. The van der Waals surface area contributed by atoms with Crippen LogP contribution in [-0.2, 0) is 40.5 Å². The van der Waals surface area contributed by atoms with Crippen LogP contribution in [0.4, 0.5) is 34.1 Å². The quantitative estimate of drug-likeness (QED) is 0.0405. The standard InChI is InChI=1S/C34H28N6O16S4.4Na/c1-55-25-9-15(3-5-23(25)37-39-31-27(59(49,50)51)11-17-7-19(57(43,44)45)13-21(35)29(17)33(31)41)16-4-6-24(26(10-16)56-2)38-40-32-28(60(52,53)54)12-18-8-20(58(46,47)48)14-22(36)30(18)34(32)42;;;;/h3-14,41-42H,35-36H2,1-2H3,(H,43,44,45)(H,46,47,48)(H,49,50,51)(H,52,53,54);;;;/q;4*+1/p-4. The van der Waals surface area contributed by atoms with Gasteiger partial charge in [0.15, 0.2) is 11.5 Å². The SMILES string of the molecule is COc1cc(-c2ccc(N=Nc3c(S(=O)(=O)[O-])cc4cc(S(=O)(=O)[O-])cc(N)c4c3O)c(OC)c2)ccc1N=Nc1c(S(=O)(=O)[O-])cc2cc(S(=O)(=O)[O-])cc(N)c2c1O.[Na+].[Na+].[Na+].[Na+]. The molecule has 0 aliphatic rings. The third kappa shape index (κ3) is 12.1. The Bertz CT molecular complexity index is 3140. The Morgan fingerprint density at radius 2 is 0.812 bits per heavy atom. The van der Waals surface area contributed by atoms with Crippen molar-refractivity contribution < 1.29 is 190 Å². The second kappa shape index (κ2) is 21.6. The number of benzene rings is 6. The molecule has 0 bridgehead atoms. The molecular weight excluding hydrogens is 969 g/mol. The summed E-state index contributed by atoms with van der Waals surface area (Å²) in [4.78, 5) is -3.93. The third-order valence-electron chi connectivity index (χ3n) is 8.63. The van der Waals surface area contributed by atoms with Gasteiger partial charge in [-0.2, -0.15) is 0 Å². The normalized spacial score (nSPS) is 12.0. The van der Waals surface area contributed by atoms with Crippen LogP contribution < -0.4 is 139 Å². The van der Waals surface area contributed by atoms with Gasteiger partial charge in [0.05, 0.1) is 33.8 Å². The molecule has 0 amide bonds. The molecule has 64 heavy (non-hydrogen) atoms. The topological polar surface area (TPSA) is 389 Å². The number of nitrogens with zero attached hydrogens (tertiary/aromatic N) is 4. The molecule has 6 N–H and O–H groups in total. The van der Waals surface area contributed by atoms with Gasteiger partial charge in [-0.1, -0.05) is 12.1 Å². The summed E-state index contributed by atoms with van der Waals surface area (Å²) in [5.41, 5.74) is 9.88. The van der Waals surface area contributed by atoms with Gasteiger partial charge in [0.25, 0.3) is 0 Å². The first-order valence-corrected chi connectivity index (χ1v) is 21.7. The Morgan fingerprint density at radius 1 is 0.484 bits per heavy atom. The van der Waals surface area contributed by atoms with Crippen LogP contribution in [0.2, 0.25) is 0 Å². The van der Waals surface area contributed by atoms with E-state index in [0.29, 0.717) is 23.3 Å². The molecule has 22 nitrogen and oxygen atoms in total. The first-order valence-electron chi connectivity index (χ1n) is 16.1. The summed E-state index contributed by atoms with van der Waals surface area (Å²) in [6.45, 7) is 0. The fourth-order valence-electron chi connectivity index (χ4n) is 5.93. The predicted octanol–water partition coefficient (Wildman–Crippen LogP) is -7.28. The van der Waals surface area contributed by atoms with Crippen molar-refractivity contribution in [3.05, 3.63) is 72.8 Å². The van der Waals surface area contributed by atoms with E-state index in [1.165, 1.54) is 50.6 Å². The van der Waals surface area contributed by atoms with Crippen molar-refractivity contribution in [2.75, 3.05) is 25.7 Å². The van der Waals surface area contributed by atoms with E-state index < -0.39 is 94.3 Å². The van der Waals surface area contributed by atoms with E-state index in [-0.39, 0.29) is 163 Å². The van der Waals surface area contributed by atoms with Gasteiger partial charge >= 0.3 is 118 Å². The molecule has 0 saturated carbocycles. The molecule has 0 radical (unpaired) electrons. The smallest absolute Gasteiger partial charge is 0.744 e. The fourth-order valence-corrected chi connectivity index (χ4v) is 8.31. The van der Waals surface area contributed by atoms with Crippen LogP contribution in [0.3, 0.4) is 0 Å². The van der Waals surface area contributed by atoms with Crippen LogP contribution in [0, 0.1) is 0 Å². The summed E-state index contributed by atoms with van der Waals surface area (Å²) >= 11 is 0. The minimum absolute atomic E-state index is 0. The Kier molecular flexibility index (Phi) is 19.5. The number of ether oxygens (including phenoxy) is 2. The van der Waals surface area contributed by atoms with Crippen molar-refractivity contribution in [2.45, 2.75) is 19.6 Å². The first kappa shape index (κ1) is 57.6. The fraction of sp³-hybridized carbons (Fsp3) is 0.0588. The number of hydrogen-bond acceptors (Lipinski definition) is 22. The number of rotatable bonds is 11. The van der Waals surface area contributed by atoms with Crippen molar-refractivity contribution in [3.63, 3.8) is 0 Å². The van der Waals surface area contributed by atoms with Gasteiger partial charge in [0.2, 0.25) is 0 Å². The molecule has 0 aromatic heterocycles. The predicted molar refractivity (Wildman–Crippen MR) is 205 cm³/mol. The molecule has 0 unspecified atom stereocenters. The maximum Gasteiger partial charge on any atom is 1.00 e. The van der Waals surface area contributed by atoms with E-state index in [2.05, 4.69) is 20.5 Å². The average molecular weight is 993 g/mol. The summed E-state index contributed by atoms with van der Waals surface area (Å²) in [7, 11) is -18.5. The maximum atomic E-state index is 12.2. The molecule has 0 atom stereocenters. The number of fused-ring (bicyclic) bond motifs is 2. The molecule has 6 rings (SSSR count). The van der Waals surface area contributed by atoms with Crippen molar-refractivity contribution >= 4 is 96.1 Å². The summed E-state index contributed by atoms with van der Waals surface area (Å²) in [5.74, 6) is -1.88. The van der Waals surface area contributed by atoms with E-state index in [4.69, 9.17) is 20.9 Å². The van der Waals surface area contributed by atoms with Gasteiger partial charge in [-0.3, -0.25) is 0 Å². The van der Waals surface area contributed by atoms with E-state index in [0.717, 1.165) is 24.3 Å². The Hall–Kier alpha value is -2.52. The summed E-state index contributed by atoms with van der Waals surface area (Å²) in [6, 6.07) is 12.9. The number of anilines is 2. The minimum atomic E-state index is -5.40. The van der Waals surface area contributed by atoms with E-state index in [1.807, 2.05) is 0 Å². The molecule has 0 aliphatic heterocycles. The number of hydrogen-bond donors (Lipinski definition) is 4. The number of nitrogen functional groups attached to an aromatic ring is 2. The maximum absolute atomic E-state index is 12.2. The van der Waals surface area contributed by atoms with Gasteiger partial charge in [-0.15, -0.1) is 20.5 Å². The van der Waals surface area contributed by atoms with Crippen LogP contribution in [0.5, 0.6) is 23.0 Å². The first-order chi connectivity index (χ1) is 27.8. The van der Waals surface area contributed by atoms with Crippen molar-refractivity contribution in [2.24, 2.45) is 20.5 Å². The van der Waals surface area contributed by atoms with Crippen LogP contribution in [0.15, 0.2) is 113 Å². The number of methoxy groups -OCH3 is 2. The van der Waals surface area contributed by atoms with E-state index in [9.17, 15) is 62.1 Å². The van der Waals surface area contributed by atoms with E-state index >= 15 is 0 Å². The van der Waals surface area contributed by atoms with Gasteiger partial charge in [-0.25, -0.2) is 33.7 Å². The molecular formula is C34H24N6Na4O16S4. The Morgan fingerprint density at radius 3 is 1.09 bits per heavy atom. The van der Waals surface area contributed by atoms with Gasteiger partial charge in [-0.05, 0) is 82.6 Å². The molecule has 0 aliphatic carbocycles. The molecule has 0 spiro atoms. The Labute approximate surface area is 452 Å². The molecule has 0 fully saturated rings. The zero-order valence-electron chi connectivity index (χ0n) is 34.1. The zero-order chi connectivity index (χ0) is 44.3. The largest absolute Gasteiger partial charge is 1.00 e. The summed E-state index contributed by atoms with van der Waals surface area (Å²) < 4.78 is 153. The number of aromatic hydroxyl groups is 2. The number of phenols is 2. The molecule has 6 aromatic carbocycles. The van der Waals surface area contributed by atoms with Crippen molar-refractivity contribution in [1.82, 2.24) is 0 Å². The van der Waals surface area contributed by atoms with Gasteiger partial charge in [0, 0.05) is 22.1 Å². The number of nitrogens with two attached hydrogens (primary N) is 2. The number of azo groups is 2. The second-order valence-corrected chi connectivity index (χ2v) is 17.8. The van der Waals surface area contributed by atoms with Gasteiger partial charge in [0.1, 0.15) is 74.7 Å². The average Bonchev–Trinajstić information content (AvgIpc) is 3.14. The van der Waals surface area contributed by atoms with Crippen LogP contribution in [0.1, 0.15) is 0 Å². The molecule has 30 heteroatoms. The van der Waals surface area contributed by atoms with Crippen LogP contribution >= 0.6 is 0 Å². The molecule has 0 heterocycles. The molecule has 6 aromatic rings. The van der Waals surface area contributed by atoms with Gasteiger partial charge < -0.3 is 49.4 Å². The van der Waals surface area contributed by atoms with E-state index in [1.54, 1.807) is 0 Å². The zero-order valence-corrected chi connectivity index (χ0v) is 45.4.